The number of hydrogen-bond donors (Lipinski definition) is 3. The molecule has 3 N–H and O–H groups in total. The molecule has 14 heteroatoms. The second-order valence-corrected chi connectivity index (χ2v) is 9.09. The summed E-state index contributed by atoms with van der Waals surface area (Å²) < 4.78 is 26.3. The molecule has 2 aromatic heterocycles. The first-order chi connectivity index (χ1) is 19.3. The zero-order chi connectivity index (χ0) is 28.5. The van der Waals surface area contributed by atoms with Gasteiger partial charge < -0.3 is 34.5 Å². The average molecular weight is 557 g/mol. The molecular weight excluding hydrogens is 527 g/mol. The standard InChI is InChI=1S/C22H25FN6O3.C4H4O4/c23-15-1-2-18-19(11-15)29(21(30)14-25-18)8-7-28-5-3-16(4-6-28)24-13-17-12-20-22(27-26-17)32-10-9-31-20;5-3(6)1-2-4(7)8/h1-2,11-12,14,16,24H,3-10,13H2;1-2H,(H,5,6)(H,7,8). The summed E-state index contributed by atoms with van der Waals surface area (Å²) in [6.45, 7) is 4.74. The first-order valence-corrected chi connectivity index (χ1v) is 12.7. The quantitative estimate of drug-likeness (QED) is 0.338. The van der Waals surface area contributed by atoms with Gasteiger partial charge >= 0.3 is 11.9 Å². The maximum Gasteiger partial charge on any atom is 0.328 e. The van der Waals surface area contributed by atoms with E-state index in [-0.39, 0.29) is 11.4 Å². The summed E-state index contributed by atoms with van der Waals surface area (Å²) in [4.78, 5) is 37.9. The molecule has 0 unspecified atom stereocenters. The Kier molecular flexibility index (Phi) is 9.70. The highest BCUT2D eigenvalue weighted by Crippen LogP contribution is 2.26. The summed E-state index contributed by atoms with van der Waals surface area (Å²) in [6.07, 6.45) is 4.42. The second-order valence-electron chi connectivity index (χ2n) is 9.09. The Bertz CT molecular complexity index is 1420. The minimum Gasteiger partial charge on any atom is -0.484 e. The number of carboxylic acids is 2. The fourth-order valence-electron chi connectivity index (χ4n) is 4.34. The summed E-state index contributed by atoms with van der Waals surface area (Å²) in [5.74, 6) is -1.78. The van der Waals surface area contributed by atoms with E-state index < -0.39 is 11.9 Å². The molecule has 2 aliphatic rings. The molecule has 0 spiro atoms. The van der Waals surface area contributed by atoms with Crippen LogP contribution in [0.2, 0.25) is 0 Å². The van der Waals surface area contributed by atoms with Crippen molar-refractivity contribution in [3.8, 4) is 11.6 Å². The lowest BCUT2D eigenvalue weighted by Gasteiger charge is -2.32. The zero-order valence-corrected chi connectivity index (χ0v) is 21.5. The Balaban J connectivity index is 0.000000406. The van der Waals surface area contributed by atoms with Gasteiger partial charge in [-0.1, -0.05) is 0 Å². The van der Waals surface area contributed by atoms with Gasteiger partial charge in [-0.25, -0.2) is 19.0 Å². The van der Waals surface area contributed by atoms with Crippen LogP contribution >= 0.6 is 0 Å². The van der Waals surface area contributed by atoms with Gasteiger partial charge in [0.2, 0.25) is 0 Å². The van der Waals surface area contributed by atoms with Gasteiger partial charge in [0.25, 0.3) is 11.4 Å². The molecule has 0 bridgehead atoms. The number of piperidine rings is 1. The van der Waals surface area contributed by atoms with Crippen LogP contribution in [-0.4, -0.2) is 85.7 Å². The summed E-state index contributed by atoms with van der Waals surface area (Å²) in [6, 6.07) is 6.60. The lowest BCUT2D eigenvalue weighted by Crippen LogP contribution is -2.43. The van der Waals surface area contributed by atoms with Crippen LogP contribution in [-0.2, 0) is 22.7 Å². The first-order valence-electron chi connectivity index (χ1n) is 12.7. The van der Waals surface area contributed by atoms with Crippen LogP contribution in [0.1, 0.15) is 18.5 Å². The number of nitrogens with one attached hydrogen (secondary N) is 1. The number of benzene rings is 1. The minimum atomic E-state index is -1.26. The third-order valence-electron chi connectivity index (χ3n) is 6.33. The number of hydrogen-bond acceptors (Lipinski definition) is 10. The Morgan fingerprint density at radius 2 is 1.77 bits per heavy atom. The molecular formula is C26H29FN6O7. The monoisotopic (exact) mass is 556 g/mol. The molecule has 40 heavy (non-hydrogen) atoms. The molecule has 0 radical (unpaired) electrons. The van der Waals surface area contributed by atoms with E-state index in [2.05, 4.69) is 25.4 Å². The Labute approximate surface area is 227 Å². The van der Waals surface area contributed by atoms with Crippen molar-refractivity contribution in [3.05, 3.63) is 64.5 Å². The van der Waals surface area contributed by atoms with Gasteiger partial charge in [-0.3, -0.25) is 4.79 Å². The van der Waals surface area contributed by atoms with Crippen molar-refractivity contribution >= 4 is 23.0 Å². The predicted octanol–water partition coefficient (Wildman–Crippen LogP) is 1.06. The molecule has 1 aromatic carbocycles. The lowest BCUT2D eigenvalue weighted by molar-refractivity contribution is -0.134. The molecule has 0 saturated carbocycles. The van der Waals surface area contributed by atoms with E-state index in [0.717, 1.165) is 38.2 Å². The maximum absolute atomic E-state index is 13.7. The summed E-state index contributed by atoms with van der Waals surface area (Å²) in [5, 5.41) is 27.5. The zero-order valence-electron chi connectivity index (χ0n) is 21.5. The van der Waals surface area contributed by atoms with Gasteiger partial charge in [-0.15, -0.1) is 5.10 Å². The number of carbonyl (C=O) groups is 2. The van der Waals surface area contributed by atoms with Crippen molar-refractivity contribution in [3.63, 3.8) is 0 Å². The van der Waals surface area contributed by atoms with Crippen LogP contribution in [0.15, 0.2) is 47.4 Å². The molecule has 2 aliphatic heterocycles. The molecule has 4 heterocycles. The van der Waals surface area contributed by atoms with Crippen molar-refractivity contribution in [2.45, 2.75) is 32.0 Å². The van der Waals surface area contributed by atoms with E-state index in [9.17, 15) is 18.8 Å². The summed E-state index contributed by atoms with van der Waals surface area (Å²) in [7, 11) is 0. The molecule has 0 amide bonds. The van der Waals surface area contributed by atoms with Gasteiger partial charge in [0, 0.05) is 43.9 Å². The van der Waals surface area contributed by atoms with E-state index in [1.54, 1.807) is 10.6 Å². The number of aromatic nitrogens is 4. The van der Waals surface area contributed by atoms with E-state index in [4.69, 9.17) is 19.7 Å². The SMILES string of the molecule is O=C(O)C=CC(=O)O.O=c1cnc2ccc(F)cc2n1CCN1CCC(NCc2cc3c(nn2)OCCO3)CC1. The second kappa shape index (κ2) is 13.6. The summed E-state index contributed by atoms with van der Waals surface area (Å²) >= 11 is 0. The van der Waals surface area contributed by atoms with Gasteiger partial charge in [0.1, 0.15) is 19.0 Å². The molecule has 5 rings (SSSR count). The molecule has 1 saturated heterocycles. The average Bonchev–Trinajstić information content (AvgIpc) is 2.95. The van der Waals surface area contributed by atoms with Gasteiger partial charge in [0.05, 0.1) is 22.9 Å². The van der Waals surface area contributed by atoms with Crippen molar-refractivity contribution in [2.75, 3.05) is 32.8 Å². The molecule has 212 valence electrons. The van der Waals surface area contributed by atoms with Gasteiger partial charge in [-0.05, 0) is 44.1 Å². The van der Waals surface area contributed by atoms with Crippen LogP contribution in [0.25, 0.3) is 11.0 Å². The molecule has 0 atom stereocenters. The smallest absolute Gasteiger partial charge is 0.328 e. The van der Waals surface area contributed by atoms with Crippen molar-refractivity contribution in [1.82, 2.24) is 30.0 Å². The number of fused-ring (bicyclic) bond motifs is 2. The van der Waals surface area contributed by atoms with E-state index in [1.165, 1.54) is 18.3 Å². The predicted molar refractivity (Wildman–Crippen MR) is 140 cm³/mol. The topological polar surface area (TPSA) is 169 Å². The van der Waals surface area contributed by atoms with Crippen LogP contribution < -0.4 is 20.3 Å². The van der Waals surface area contributed by atoms with E-state index in [1.807, 2.05) is 6.07 Å². The van der Waals surface area contributed by atoms with Crippen LogP contribution in [0, 0.1) is 5.82 Å². The highest BCUT2D eigenvalue weighted by molar-refractivity contribution is 5.89. The highest BCUT2D eigenvalue weighted by Gasteiger charge is 2.20. The highest BCUT2D eigenvalue weighted by atomic mass is 19.1. The fourth-order valence-corrected chi connectivity index (χ4v) is 4.34. The van der Waals surface area contributed by atoms with Crippen molar-refractivity contribution < 1.29 is 33.7 Å². The third-order valence-corrected chi connectivity index (χ3v) is 6.33. The fraction of sp³-hybridized carbons (Fsp3) is 0.385. The maximum atomic E-state index is 13.7. The van der Waals surface area contributed by atoms with E-state index >= 15 is 0 Å². The lowest BCUT2D eigenvalue weighted by atomic mass is 10.0. The van der Waals surface area contributed by atoms with Crippen molar-refractivity contribution in [2.24, 2.45) is 0 Å². The van der Waals surface area contributed by atoms with E-state index in [0.29, 0.717) is 67.2 Å². The van der Waals surface area contributed by atoms with Gasteiger partial charge in [0.15, 0.2) is 5.75 Å². The number of carboxylic acid groups (broad SMARTS) is 2. The third kappa shape index (κ3) is 8.04. The number of nitrogens with zero attached hydrogens (tertiary/aromatic N) is 5. The Hall–Kier alpha value is -4.43. The summed E-state index contributed by atoms with van der Waals surface area (Å²) in [5.41, 5.74) is 1.78. The molecule has 13 nitrogen and oxygen atoms in total. The number of halogens is 1. The van der Waals surface area contributed by atoms with Gasteiger partial charge in [-0.2, -0.15) is 5.10 Å². The number of likely N-dealkylation sites (tertiary alicyclic amines) is 1. The van der Waals surface area contributed by atoms with Crippen LogP contribution in [0.5, 0.6) is 11.6 Å². The molecule has 0 aliphatic carbocycles. The number of aliphatic carboxylic acids is 2. The minimum absolute atomic E-state index is 0.208. The van der Waals surface area contributed by atoms with Crippen LogP contribution in [0.3, 0.4) is 0 Å². The Morgan fingerprint density at radius 1 is 1.05 bits per heavy atom. The largest absolute Gasteiger partial charge is 0.484 e. The number of rotatable bonds is 8. The Morgan fingerprint density at radius 3 is 2.50 bits per heavy atom. The normalized spacial score (nSPS) is 15.5. The number of ether oxygens (including phenoxy) is 2. The molecule has 1 fully saturated rings. The first kappa shape index (κ1) is 28.6. The van der Waals surface area contributed by atoms with Crippen LogP contribution in [0.4, 0.5) is 4.39 Å². The van der Waals surface area contributed by atoms with Crippen molar-refractivity contribution in [1.29, 1.82) is 0 Å². The molecule has 3 aromatic rings.